The molecular formula is C6H5N5O. The van der Waals surface area contributed by atoms with Crippen LogP contribution in [0.25, 0.3) is 11.2 Å². The molecule has 0 spiro atoms. The van der Waals surface area contributed by atoms with Gasteiger partial charge < -0.3 is 4.98 Å². The van der Waals surface area contributed by atoms with Crippen molar-refractivity contribution in [3.8, 4) is 0 Å². The van der Waals surface area contributed by atoms with Gasteiger partial charge in [0.05, 0.1) is 12.5 Å². The Labute approximate surface area is 67.1 Å². The quantitative estimate of drug-likeness (QED) is 0.606. The molecule has 0 aromatic carbocycles. The number of anilines is 1. The number of aromatic amines is 1. The van der Waals surface area contributed by atoms with Gasteiger partial charge in [0.1, 0.15) is 5.52 Å². The highest BCUT2D eigenvalue weighted by atomic mass is 16.1. The van der Waals surface area contributed by atoms with Crippen LogP contribution in [0.5, 0.6) is 0 Å². The average molecular weight is 163 g/mol. The fourth-order valence-corrected chi connectivity index (χ4v) is 0.858. The zero-order valence-corrected chi connectivity index (χ0v) is 5.98. The first-order valence-electron chi connectivity index (χ1n) is 3.26. The van der Waals surface area contributed by atoms with Gasteiger partial charge in [0, 0.05) is 0 Å². The van der Waals surface area contributed by atoms with Gasteiger partial charge in [-0.3, -0.25) is 10.1 Å². The number of carbonyl (C=O) groups is 1. The van der Waals surface area contributed by atoms with Crippen molar-refractivity contribution in [2.75, 3.05) is 5.32 Å². The van der Waals surface area contributed by atoms with Crippen LogP contribution in [0.3, 0.4) is 0 Å². The number of hydrogen-bond donors (Lipinski definition) is 2. The first-order valence-corrected chi connectivity index (χ1v) is 3.26. The van der Waals surface area contributed by atoms with Gasteiger partial charge in [-0.2, -0.15) is 4.98 Å². The van der Waals surface area contributed by atoms with Crippen LogP contribution in [0, 0.1) is 0 Å². The predicted octanol–water partition coefficient (Wildman–Crippen LogP) is -0.0788. The minimum absolute atomic E-state index is 0.254. The largest absolute Gasteiger partial charge is 0.342 e. The van der Waals surface area contributed by atoms with Crippen molar-refractivity contribution in [1.82, 2.24) is 19.9 Å². The van der Waals surface area contributed by atoms with Gasteiger partial charge >= 0.3 is 0 Å². The molecule has 1 amide bonds. The van der Waals surface area contributed by atoms with Crippen molar-refractivity contribution in [1.29, 1.82) is 0 Å². The highest BCUT2D eigenvalue weighted by Crippen LogP contribution is 2.05. The summed E-state index contributed by atoms with van der Waals surface area (Å²) in [5, 5.41) is 2.33. The fraction of sp³-hybridized carbons (Fsp3) is 0. The lowest BCUT2D eigenvalue weighted by molar-refractivity contribution is -0.105. The highest BCUT2D eigenvalue weighted by Gasteiger charge is 1.99. The van der Waals surface area contributed by atoms with E-state index in [9.17, 15) is 4.79 Å². The monoisotopic (exact) mass is 163 g/mol. The molecule has 0 unspecified atom stereocenters. The lowest BCUT2D eigenvalue weighted by atomic mass is 10.6. The van der Waals surface area contributed by atoms with E-state index in [0.29, 0.717) is 12.1 Å². The molecule has 0 aliphatic carbocycles. The van der Waals surface area contributed by atoms with Crippen molar-refractivity contribution in [2.45, 2.75) is 0 Å². The van der Waals surface area contributed by atoms with Gasteiger partial charge in [-0.05, 0) is 0 Å². The summed E-state index contributed by atoms with van der Waals surface area (Å²) in [7, 11) is 0. The van der Waals surface area contributed by atoms with E-state index in [0.717, 1.165) is 5.52 Å². The van der Waals surface area contributed by atoms with E-state index in [1.807, 2.05) is 0 Å². The number of amides is 1. The van der Waals surface area contributed by atoms with Crippen molar-refractivity contribution >= 4 is 23.5 Å². The Morgan fingerprint density at radius 1 is 1.50 bits per heavy atom. The van der Waals surface area contributed by atoms with Crippen LogP contribution in [0.1, 0.15) is 0 Å². The van der Waals surface area contributed by atoms with Crippen LogP contribution in [0.4, 0.5) is 5.95 Å². The standard InChI is InChI=1S/C6H5N5O/c12-3-10-6-7-1-4-5(11-6)9-2-8-4/h1-3H,(H2,7,8,9,10,11,12). The summed E-state index contributed by atoms with van der Waals surface area (Å²) >= 11 is 0. The minimum atomic E-state index is 0.254. The van der Waals surface area contributed by atoms with E-state index in [1.54, 1.807) is 6.20 Å². The smallest absolute Gasteiger partial charge is 0.231 e. The normalized spacial score (nSPS) is 10.0. The van der Waals surface area contributed by atoms with Gasteiger partial charge in [-0.15, -0.1) is 0 Å². The third-order valence-electron chi connectivity index (χ3n) is 1.36. The number of aromatic nitrogens is 4. The number of carbonyl (C=O) groups excluding carboxylic acids is 1. The molecule has 6 nitrogen and oxygen atoms in total. The second-order valence-electron chi connectivity index (χ2n) is 2.10. The first-order chi connectivity index (χ1) is 5.90. The predicted molar refractivity (Wildman–Crippen MR) is 41.4 cm³/mol. The molecule has 2 N–H and O–H groups in total. The van der Waals surface area contributed by atoms with E-state index in [-0.39, 0.29) is 5.95 Å². The summed E-state index contributed by atoms with van der Waals surface area (Å²) in [4.78, 5) is 24.5. The highest BCUT2D eigenvalue weighted by molar-refractivity contribution is 5.73. The number of nitrogens with zero attached hydrogens (tertiary/aromatic N) is 3. The van der Waals surface area contributed by atoms with Gasteiger partial charge in [-0.1, -0.05) is 0 Å². The van der Waals surface area contributed by atoms with Crippen LogP contribution in [0.2, 0.25) is 0 Å². The summed E-state index contributed by atoms with van der Waals surface area (Å²) in [5.41, 5.74) is 1.28. The topological polar surface area (TPSA) is 83.6 Å². The molecule has 0 radical (unpaired) electrons. The SMILES string of the molecule is O=CNc1ncc2[nH]cnc2n1. The number of H-pyrrole nitrogens is 1. The first kappa shape index (κ1) is 6.71. The Morgan fingerprint density at radius 3 is 3.25 bits per heavy atom. The molecule has 0 saturated carbocycles. The Morgan fingerprint density at radius 2 is 2.42 bits per heavy atom. The number of fused-ring (bicyclic) bond motifs is 1. The Balaban J connectivity index is 2.52. The maximum Gasteiger partial charge on any atom is 0.231 e. The van der Waals surface area contributed by atoms with E-state index >= 15 is 0 Å². The molecule has 0 aliphatic rings. The van der Waals surface area contributed by atoms with Crippen LogP contribution in [-0.2, 0) is 4.79 Å². The Bertz CT molecular complexity index is 409. The van der Waals surface area contributed by atoms with Crippen molar-refractivity contribution < 1.29 is 4.79 Å². The number of nitrogens with one attached hydrogen (secondary N) is 2. The lowest BCUT2D eigenvalue weighted by Crippen LogP contribution is -1.99. The molecule has 0 saturated heterocycles. The molecule has 60 valence electrons. The van der Waals surface area contributed by atoms with Gasteiger partial charge in [-0.25, -0.2) is 9.97 Å². The van der Waals surface area contributed by atoms with E-state index in [4.69, 9.17) is 0 Å². The average Bonchev–Trinajstić information content (AvgIpc) is 2.51. The zero-order valence-electron chi connectivity index (χ0n) is 5.98. The summed E-state index contributed by atoms with van der Waals surface area (Å²) in [6, 6.07) is 0. The summed E-state index contributed by atoms with van der Waals surface area (Å²) < 4.78 is 0. The maximum absolute atomic E-state index is 10.0. The maximum atomic E-state index is 10.0. The second-order valence-corrected chi connectivity index (χ2v) is 2.10. The third-order valence-corrected chi connectivity index (χ3v) is 1.36. The molecule has 2 rings (SSSR count). The summed E-state index contributed by atoms with van der Waals surface area (Å²) in [5.74, 6) is 0.254. The summed E-state index contributed by atoms with van der Waals surface area (Å²) in [6.45, 7) is 0. The second kappa shape index (κ2) is 2.57. The van der Waals surface area contributed by atoms with Crippen molar-refractivity contribution in [3.63, 3.8) is 0 Å². The van der Waals surface area contributed by atoms with Gasteiger partial charge in [0.2, 0.25) is 12.4 Å². The van der Waals surface area contributed by atoms with Gasteiger partial charge in [0.25, 0.3) is 0 Å². The number of rotatable bonds is 2. The molecule has 0 fully saturated rings. The zero-order chi connectivity index (χ0) is 8.39. The molecule has 0 aliphatic heterocycles. The molecule has 2 aromatic heterocycles. The molecule has 2 aromatic rings. The fourth-order valence-electron chi connectivity index (χ4n) is 0.858. The molecule has 2 heterocycles. The molecular weight excluding hydrogens is 158 g/mol. The van der Waals surface area contributed by atoms with E-state index in [2.05, 4.69) is 25.3 Å². The van der Waals surface area contributed by atoms with Crippen LogP contribution >= 0.6 is 0 Å². The van der Waals surface area contributed by atoms with Crippen molar-refractivity contribution in [3.05, 3.63) is 12.5 Å². The molecule has 0 bridgehead atoms. The number of imidazole rings is 1. The molecule has 12 heavy (non-hydrogen) atoms. The van der Waals surface area contributed by atoms with Crippen LogP contribution < -0.4 is 5.32 Å². The molecule has 6 heteroatoms. The van der Waals surface area contributed by atoms with E-state index < -0.39 is 0 Å². The third kappa shape index (κ3) is 0.986. The number of hydrogen-bond acceptors (Lipinski definition) is 4. The Kier molecular flexibility index (Phi) is 1.44. The van der Waals surface area contributed by atoms with Crippen LogP contribution in [-0.4, -0.2) is 26.3 Å². The van der Waals surface area contributed by atoms with Crippen molar-refractivity contribution in [2.24, 2.45) is 0 Å². The Hall–Kier alpha value is -1.98. The molecule has 0 atom stereocenters. The minimum Gasteiger partial charge on any atom is -0.342 e. The summed E-state index contributed by atoms with van der Waals surface area (Å²) in [6.07, 6.45) is 3.60. The van der Waals surface area contributed by atoms with E-state index in [1.165, 1.54) is 6.33 Å². The lowest BCUT2D eigenvalue weighted by Gasteiger charge is -1.93. The van der Waals surface area contributed by atoms with Crippen LogP contribution in [0.15, 0.2) is 12.5 Å². The van der Waals surface area contributed by atoms with Gasteiger partial charge in [0.15, 0.2) is 5.65 Å².